The minimum Gasteiger partial charge on any atom is -0.340 e. The Balaban J connectivity index is 1.90. The van der Waals surface area contributed by atoms with Gasteiger partial charge in [0, 0.05) is 26.0 Å². The van der Waals surface area contributed by atoms with Crippen molar-refractivity contribution in [2.45, 2.75) is 31.3 Å². The SMILES string of the molecule is CN1C(=O)C(C)(Cc2ccccc2)NC(=O)C1Cc1c([N+](=O)[O-])ccc(F)c1F. The van der Waals surface area contributed by atoms with Crippen molar-refractivity contribution in [3.05, 3.63) is 75.3 Å². The zero-order valence-electron chi connectivity index (χ0n) is 15.8. The van der Waals surface area contributed by atoms with Crippen molar-refractivity contribution in [2.75, 3.05) is 7.05 Å². The molecule has 2 atom stereocenters. The lowest BCUT2D eigenvalue weighted by Crippen LogP contribution is -2.69. The first-order valence-electron chi connectivity index (χ1n) is 8.88. The fraction of sp³-hybridized carbons (Fsp3) is 0.300. The van der Waals surface area contributed by atoms with E-state index in [2.05, 4.69) is 5.32 Å². The van der Waals surface area contributed by atoms with Gasteiger partial charge < -0.3 is 10.2 Å². The molecule has 7 nitrogen and oxygen atoms in total. The third kappa shape index (κ3) is 3.80. The van der Waals surface area contributed by atoms with Gasteiger partial charge in [0.1, 0.15) is 11.6 Å². The normalized spacial score (nSPS) is 21.8. The highest BCUT2D eigenvalue weighted by Crippen LogP contribution is 2.29. The number of carbonyl (C=O) groups is 2. The van der Waals surface area contributed by atoms with Crippen LogP contribution in [0.15, 0.2) is 42.5 Å². The Morgan fingerprint density at radius 2 is 1.83 bits per heavy atom. The first-order valence-corrected chi connectivity index (χ1v) is 8.88. The van der Waals surface area contributed by atoms with E-state index in [0.717, 1.165) is 16.5 Å². The Morgan fingerprint density at radius 3 is 2.45 bits per heavy atom. The van der Waals surface area contributed by atoms with Crippen molar-refractivity contribution in [1.29, 1.82) is 0 Å². The number of nitro benzene ring substituents is 1. The number of nitrogens with one attached hydrogen (secondary N) is 1. The Kier molecular flexibility index (Phi) is 5.32. The minimum atomic E-state index is -1.40. The summed E-state index contributed by atoms with van der Waals surface area (Å²) >= 11 is 0. The molecule has 3 rings (SSSR count). The molecule has 1 saturated heterocycles. The van der Waals surface area contributed by atoms with E-state index in [-0.39, 0.29) is 6.42 Å². The number of piperazine rings is 1. The molecule has 2 amide bonds. The Bertz CT molecular complexity index is 983. The van der Waals surface area contributed by atoms with Crippen LogP contribution in [-0.4, -0.2) is 40.3 Å². The van der Waals surface area contributed by atoms with Gasteiger partial charge in [0.2, 0.25) is 11.8 Å². The van der Waals surface area contributed by atoms with Crippen molar-refractivity contribution in [2.24, 2.45) is 0 Å². The van der Waals surface area contributed by atoms with Crippen LogP contribution in [-0.2, 0) is 22.4 Å². The number of amides is 2. The molecule has 1 aliphatic rings. The molecule has 2 aromatic rings. The number of benzene rings is 2. The predicted octanol–water partition coefficient (Wildman–Crippen LogP) is 2.37. The largest absolute Gasteiger partial charge is 0.340 e. The van der Waals surface area contributed by atoms with Crippen molar-refractivity contribution < 1.29 is 23.3 Å². The third-order valence-electron chi connectivity index (χ3n) is 5.13. The van der Waals surface area contributed by atoms with Gasteiger partial charge >= 0.3 is 0 Å². The molecule has 0 aliphatic carbocycles. The summed E-state index contributed by atoms with van der Waals surface area (Å²) in [5.41, 5.74) is -1.59. The second-order valence-corrected chi connectivity index (χ2v) is 7.24. The van der Waals surface area contributed by atoms with E-state index in [9.17, 15) is 28.5 Å². The van der Waals surface area contributed by atoms with Gasteiger partial charge in [-0.25, -0.2) is 8.78 Å². The highest BCUT2D eigenvalue weighted by Gasteiger charge is 2.47. The molecule has 9 heteroatoms. The zero-order valence-corrected chi connectivity index (χ0v) is 15.8. The summed E-state index contributed by atoms with van der Waals surface area (Å²) in [6.07, 6.45) is -0.278. The van der Waals surface area contributed by atoms with E-state index in [1.54, 1.807) is 6.92 Å². The van der Waals surface area contributed by atoms with Gasteiger partial charge in [0.05, 0.1) is 10.5 Å². The van der Waals surface area contributed by atoms with Gasteiger partial charge in [0.15, 0.2) is 11.6 Å². The Morgan fingerprint density at radius 1 is 1.17 bits per heavy atom. The van der Waals surface area contributed by atoms with Crippen LogP contribution in [0.25, 0.3) is 0 Å². The standard InChI is InChI=1S/C20H19F2N3O4/c1-20(11-12-6-4-3-5-7-12)19(27)24(2)16(18(26)23-20)10-13-15(25(28)29)9-8-14(21)17(13)22/h3-9,16H,10-11H2,1-2H3,(H,23,26). The Labute approximate surface area is 165 Å². The summed E-state index contributed by atoms with van der Waals surface area (Å²) in [4.78, 5) is 37.2. The average Bonchev–Trinajstić information content (AvgIpc) is 2.67. The molecule has 0 bridgehead atoms. The molecule has 152 valence electrons. The number of carbonyl (C=O) groups excluding carboxylic acids is 2. The topological polar surface area (TPSA) is 92.6 Å². The Hall–Kier alpha value is -3.36. The molecular formula is C20H19F2N3O4. The number of nitro groups is 1. The summed E-state index contributed by atoms with van der Waals surface area (Å²) in [6.45, 7) is 1.58. The van der Waals surface area contributed by atoms with Crippen molar-refractivity contribution in [3.63, 3.8) is 0 Å². The second-order valence-electron chi connectivity index (χ2n) is 7.24. The third-order valence-corrected chi connectivity index (χ3v) is 5.13. The predicted molar refractivity (Wildman–Crippen MR) is 100.0 cm³/mol. The maximum Gasteiger partial charge on any atom is 0.275 e. The van der Waals surface area contributed by atoms with Crippen LogP contribution in [0.4, 0.5) is 14.5 Å². The first kappa shape index (κ1) is 20.4. The molecule has 1 heterocycles. The van der Waals surface area contributed by atoms with Crippen LogP contribution in [0.5, 0.6) is 0 Å². The molecule has 0 spiro atoms. The van der Waals surface area contributed by atoms with Crippen molar-refractivity contribution >= 4 is 17.5 Å². The van der Waals surface area contributed by atoms with E-state index < -0.39 is 57.6 Å². The summed E-state index contributed by atoms with van der Waals surface area (Å²) in [5, 5.41) is 13.9. The van der Waals surface area contributed by atoms with Gasteiger partial charge in [-0.05, 0) is 18.6 Å². The zero-order chi connectivity index (χ0) is 21.3. The van der Waals surface area contributed by atoms with Crippen LogP contribution < -0.4 is 5.32 Å². The molecule has 0 radical (unpaired) electrons. The van der Waals surface area contributed by atoms with Crippen LogP contribution in [0, 0.1) is 21.7 Å². The molecule has 1 N–H and O–H groups in total. The van der Waals surface area contributed by atoms with E-state index in [1.807, 2.05) is 30.3 Å². The maximum atomic E-state index is 14.3. The van der Waals surface area contributed by atoms with Gasteiger partial charge in [-0.1, -0.05) is 30.3 Å². The van der Waals surface area contributed by atoms with E-state index >= 15 is 0 Å². The molecule has 29 heavy (non-hydrogen) atoms. The summed E-state index contributed by atoms with van der Waals surface area (Å²) in [5.74, 6) is -3.68. The van der Waals surface area contributed by atoms with E-state index in [4.69, 9.17) is 0 Å². The highest BCUT2D eigenvalue weighted by molar-refractivity contribution is 5.99. The van der Waals surface area contributed by atoms with Crippen LogP contribution in [0.3, 0.4) is 0 Å². The number of nitrogens with zero attached hydrogens (tertiary/aromatic N) is 2. The quantitative estimate of drug-likeness (QED) is 0.613. The first-order chi connectivity index (χ1) is 13.6. The summed E-state index contributed by atoms with van der Waals surface area (Å²) in [6, 6.07) is 9.39. The van der Waals surface area contributed by atoms with Crippen molar-refractivity contribution in [1.82, 2.24) is 10.2 Å². The van der Waals surface area contributed by atoms with Gasteiger partial charge in [0.25, 0.3) is 5.69 Å². The fourth-order valence-electron chi connectivity index (χ4n) is 3.61. The number of rotatable bonds is 5. The van der Waals surface area contributed by atoms with Crippen LogP contribution >= 0.6 is 0 Å². The van der Waals surface area contributed by atoms with Crippen LogP contribution in [0.2, 0.25) is 0 Å². The van der Waals surface area contributed by atoms with Crippen molar-refractivity contribution in [3.8, 4) is 0 Å². The average molecular weight is 403 g/mol. The molecule has 1 aliphatic heterocycles. The lowest BCUT2D eigenvalue weighted by atomic mass is 9.86. The lowest BCUT2D eigenvalue weighted by molar-refractivity contribution is -0.385. The number of hydrogen-bond acceptors (Lipinski definition) is 4. The van der Waals surface area contributed by atoms with Gasteiger partial charge in [-0.2, -0.15) is 0 Å². The van der Waals surface area contributed by atoms with E-state index in [1.165, 1.54) is 7.05 Å². The second kappa shape index (κ2) is 7.57. The van der Waals surface area contributed by atoms with Crippen LogP contribution in [0.1, 0.15) is 18.1 Å². The van der Waals surface area contributed by atoms with Gasteiger partial charge in [-0.3, -0.25) is 19.7 Å². The molecule has 1 fully saturated rings. The number of likely N-dealkylation sites (N-methyl/N-ethyl adjacent to an activating group) is 1. The summed E-state index contributed by atoms with van der Waals surface area (Å²) in [7, 11) is 1.37. The number of hydrogen-bond donors (Lipinski definition) is 1. The monoisotopic (exact) mass is 403 g/mol. The van der Waals surface area contributed by atoms with Gasteiger partial charge in [-0.15, -0.1) is 0 Å². The molecular weight excluding hydrogens is 384 g/mol. The maximum absolute atomic E-state index is 14.3. The molecule has 0 saturated carbocycles. The molecule has 2 aromatic carbocycles. The number of halogens is 2. The van der Waals surface area contributed by atoms with E-state index in [0.29, 0.717) is 6.07 Å². The lowest BCUT2D eigenvalue weighted by Gasteiger charge is -2.43. The molecule has 2 unspecified atom stereocenters. The summed E-state index contributed by atoms with van der Waals surface area (Å²) < 4.78 is 27.9. The smallest absolute Gasteiger partial charge is 0.275 e. The molecule has 0 aromatic heterocycles. The fourth-order valence-corrected chi connectivity index (χ4v) is 3.61. The highest BCUT2D eigenvalue weighted by atomic mass is 19.2. The minimum absolute atomic E-state index is 0.240.